The van der Waals surface area contributed by atoms with Crippen LogP contribution in [0, 0.1) is 0 Å². The first-order valence-electron chi connectivity index (χ1n) is 6.43. The predicted octanol–water partition coefficient (Wildman–Crippen LogP) is 0.822. The van der Waals surface area contributed by atoms with Crippen LogP contribution in [0.4, 0.5) is 4.79 Å². The van der Waals surface area contributed by atoms with Gasteiger partial charge in [0.05, 0.1) is 23.3 Å². The molecule has 2 N–H and O–H groups in total. The Morgan fingerprint density at radius 3 is 3.05 bits per heavy atom. The molecule has 7 nitrogen and oxygen atoms in total. The first-order chi connectivity index (χ1) is 9.70. The number of hydroxylamine groups is 2. The number of thiazole rings is 1. The fourth-order valence-corrected chi connectivity index (χ4v) is 3.69. The second kappa shape index (κ2) is 4.29. The van der Waals surface area contributed by atoms with Crippen LogP contribution in [0.2, 0.25) is 0 Å². The van der Waals surface area contributed by atoms with Gasteiger partial charge in [-0.2, -0.15) is 4.98 Å². The van der Waals surface area contributed by atoms with E-state index in [1.807, 2.05) is 17.2 Å². The van der Waals surface area contributed by atoms with E-state index in [1.165, 1.54) is 11.3 Å². The lowest BCUT2D eigenvalue weighted by atomic mass is 10.2. The van der Waals surface area contributed by atoms with Crippen LogP contribution in [0.5, 0.6) is 5.19 Å². The number of hydrogen-bond acceptors (Lipinski definition) is 6. The number of primary amides is 1. The van der Waals surface area contributed by atoms with Crippen LogP contribution in [0.3, 0.4) is 0 Å². The lowest BCUT2D eigenvalue weighted by Crippen LogP contribution is -2.51. The Morgan fingerprint density at radius 2 is 2.35 bits per heavy atom. The number of pyridine rings is 1. The Bertz CT molecular complexity index is 642. The van der Waals surface area contributed by atoms with Crippen LogP contribution >= 0.6 is 11.3 Å². The van der Waals surface area contributed by atoms with E-state index in [0.717, 1.165) is 11.1 Å². The second-order valence-corrected chi connectivity index (χ2v) is 6.02. The van der Waals surface area contributed by atoms with E-state index in [1.54, 1.807) is 11.1 Å². The molecule has 4 heterocycles. The summed E-state index contributed by atoms with van der Waals surface area (Å²) in [6, 6.07) is 3.86. The lowest BCUT2D eigenvalue weighted by molar-refractivity contribution is -0.0900. The van der Waals surface area contributed by atoms with Gasteiger partial charge in [0.2, 0.25) is 0 Å². The summed E-state index contributed by atoms with van der Waals surface area (Å²) in [7, 11) is 0. The molecule has 2 aromatic heterocycles. The molecule has 0 unspecified atom stereocenters. The topological polar surface area (TPSA) is 84.6 Å². The second-order valence-electron chi connectivity index (χ2n) is 5.03. The van der Waals surface area contributed by atoms with Crippen molar-refractivity contribution in [2.24, 2.45) is 5.73 Å². The van der Waals surface area contributed by atoms with Gasteiger partial charge in [-0.1, -0.05) is 11.3 Å². The van der Waals surface area contributed by atoms with Crippen molar-refractivity contribution in [3.8, 4) is 5.19 Å². The molecule has 8 heteroatoms. The van der Waals surface area contributed by atoms with Crippen LogP contribution in [-0.4, -0.2) is 51.1 Å². The minimum absolute atomic E-state index is 0.157. The van der Waals surface area contributed by atoms with E-state index in [2.05, 4.69) is 9.97 Å². The molecular weight excluding hydrogens is 278 g/mol. The van der Waals surface area contributed by atoms with E-state index in [0.29, 0.717) is 23.9 Å². The van der Waals surface area contributed by atoms with Gasteiger partial charge in [0.1, 0.15) is 0 Å². The van der Waals surface area contributed by atoms with Crippen LogP contribution in [0.25, 0.3) is 10.3 Å². The number of urea groups is 1. The van der Waals surface area contributed by atoms with Gasteiger partial charge >= 0.3 is 6.03 Å². The number of rotatable bonds is 2. The summed E-state index contributed by atoms with van der Waals surface area (Å²) in [5.41, 5.74) is 6.05. The number of nitrogens with two attached hydrogens (primary N) is 1. The minimum Gasteiger partial charge on any atom is -0.374 e. The molecule has 4 rings (SSSR count). The minimum atomic E-state index is -0.346. The normalized spacial score (nSPS) is 25.5. The van der Waals surface area contributed by atoms with E-state index in [9.17, 15) is 4.79 Å². The molecule has 0 aromatic carbocycles. The van der Waals surface area contributed by atoms with Gasteiger partial charge in [-0.05, 0) is 18.6 Å². The van der Waals surface area contributed by atoms with Crippen molar-refractivity contribution < 1.29 is 9.63 Å². The molecule has 0 saturated carbocycles. The van der Waals surface area contributed by atoms with Crippen molar-refractivity contribution in [2.45, 2.75) is 18.5 Å². The van der Waals surface area contributed by atoms with Crippen LogP contribution < -0.4 is 10.6 Å². The summed E-state index contributed by atoms with van der Waals surface area (Å²) in [6.07, 6.45) is 2.63. The van der Waals surface area contributed by atoms with Crippen molar-refractivity contribution in [1.82, 2.24) is 19.9 Å². The van der Waals surface area contributed by atoms with E-state index < -0.39 is 0 Å². The first-order valence-corrected chi connectivity index (χ1v) is 7.24. The first kappa shape index (κ1) is 11.9. The number of likely N-dealkylation sites (tertiary alicyclic amines) is 1. The van der Waals surface area contributed by atoms with Gasteiger partial charge in [0.25, 0.3) is 5.19 Å². The molecule has 0 radical (unpaired) electrons. The molecule has 2 aliphatic heterocycles. The number of hydrogen-bond donors (Lipinski definition) is 1. The largest absolute Gasteiger partial charge is 0.374 e. The Labute approximate surface area is 118 Å². The van der Waals surface area contributed by atoms with E-state index in [4.69, 9.17) is 10.6 Å². The Morgan fingerprint density at radius 1 is 1.45 bits per heavy atom. The highest BCUT2D eigenvalue weighted by atomic mass is 32.1. The summed E-state index contributed by atoms with van der Waals surface area (Å²) < 4.78 is 1.01. The maximum atomic E-state index is 11.2. The van der Waals surface area contributed by atoms with Crippen molar-refractivity contribution in [2.75, 3.05) is 13.1 Å². The fraction of sp³-hybridized carbons (Fsp3) is 0.417. The molecule has 2 atom stereocenters. The Balaban J connectivity index is 1.50. The zero-order valence-electron chi connectivity index (χ0n) is 10.6. The molecule has 2 aromatic rings. The smallest absolute Gasteiger partial charge is 0.315 e. The van der Waals surface area contributed by atoms with Gasteiger partial charge in [-0.25, -0.2) is 9.78 Å². The predicted molar refractivity (Wildman–Crippen MR) is 73.2 cm³/mol. The highest BCUT2D eigenvalue weighted by Crippen LogP contribution is 2.33. The molecule has 2 aliphatic rings. The van der Waals surface area contributed by atoms with Crippen LogP contribution in [-0.2, 0) is 0 Å². The third-order valence-electron chi connectivity index (χ3n) is 3.81. The monoisotopic (exact) mass is 291 g/mol. The van der Waals surface area contributed by atoms with Gasteiger partial charge in [-0.3, -0.25) is 0 Å². The van der Waals surface area contributed by atoms with Crippen molar-refractivity contribution in [3.63, 3.8) is 0 Å². The van der Waals surface area contributed by atoms with Gasteiger partial charge < -0.3 is 15.5 Å². The average Bonchev–Trinajstić information content (AvgIpc) is 3.10. The molecule has 2 bridgehead atoms. The maximum Gasteiger partial charge on any atom is 0.315 e. The summed E-state index contributed by atoms with van der Waals surface area (Å²) in [5.74, 6) is 0. The molecule has 2 saturated heterocycles. The standard InChI is InChI=1S/C12H13N5O2S/c13-11(18)16-5-8-4-7(16)6-17(8)19-12-15-10-9(20-12)2-1-3-14-10/h1-3,7-8H,4-6H2,(H2,13,18)/t7-,8-/m0/s1. The molecule has 20 heavy (non-hydrogen) atoms. The zero-order valence-corrected chi connectivity index (χ0v) is 11.4. The maximum absolute atomic E-state index is 11.2. The molecular formula is C12H13N5O2S. The Hall–Kier alpha value is -1.93. The summed E-state index contributed by atoms with van der Waals surface area (Å²) >= 11 is 1.48. The highest BCUT2D eigenvalue weighted by molar-refractivity contribution is 7.20. The van der Waals surface area contributed by atoms with Crippen LogP contribution in [0.15, 0.2) is 18.3 Å². The number of fused-ring (bicyclic) bond motifs is 3. The molecule has 104 valence electrons. The number of nitrogens with zero attached hydrogens (tertiary/aromatic N) is 4. The summed E-state index contributed by atoms with van der Waals surface area (Å²) in [4.78, 5) is 27.3. The molecule has 2 amide bonds. The number of carbonyl (C=O) groups is 1. The lowest BCUT2D eigenvalue weighted by Gasteiger charge is -2.31. The zero-order chi connectivity index (χ0) is 13.7. The highest BCUT2D eigenvalue weighted by Gasteiger charge is 2.46. The number of aromatic nitrogens is 2. The third kappa shape index (κ3) is 1.80. The number of carbonyl (C=O) groups excluding carboxylic acids is 1. The van der Waals surface area contributed by atoms with Crippen molar-refractivity contribution in [3.05, 3.63) is 18.3 Å². The quantitative estimate of drug-likeness (QED) is 0.885. The van der Waals surface area contributed by atoms with E-state index in [-0.39, 0.29) is 18.1 Å². The summed E-state index contributed by atoms with van der Waals surface area (Å²) in [6.45, 7) is 1.31. The number of amides is 2. The van der Waals surface area contributed by atoms with Gasteiger partial charge in [0.15, 0.2) is 5.65 Å². The molecule has 2 fully saturated rings. The molecule has 0 spiro atoms. The van der Waals surface area contributed by atoms with E-state index >= 15 is 0 Å². The average molecular weight is 291 g/mol. The van der Waals surface area contributed by atoms with Gasteiger partial charge in [-0.15, -0.1) is 5.06 Å². The third-order valence-corrected chi connectivity index (χ3v) is 4.69. The fourth-order valence-electron chi connectivity index (χ4n) is 2.90. The van der Waals surface area contributed by atoms with Crippen molar-refractivity contribution in [1.29, 1.82) is 0 Å². The van der Waals surface area contributed by atoms with Crippen LogP contribution in [0.1, 0.15) is 6.42 Å². The Kier molecular flexibility index (Phi) is 2.54. The number of piperazine rings is 1. The van der Waals surface area contributed by atoms with Crippen molar-refractivity contribution >= 4 is 27.7 Å². The molecule has 0 aliphatic carbocycles. The summed E-state index contributed by atoms with van der Waals surface area (Å²) in [5, 5.41) is 2.50. The van der Waals surface area contributed by atoms with Gasteiger partial charge in [0, 0.05) is 12.7 Å². The SMILES string of the molecule is NC(=O)N1C[C@@H]2C[C@H]1CN2Oc1nc2ncccc2s1.